The number of hydrogen-bond acceptors (Lipinski definition) is 5. The fourth-order valence-corrected chi connectivity index (χ4v) is 2.55. The summed E-state index contributed by atoms with van der Waals surface area (Å²) in [6, 6.07) is 6.32. The van der Waals surface area contributed by atoms with Crippen molar-refractivity contribution in [3.05, 3.63) is 57.0 Å². The van der Waals surface area contributed by atoms with Gasteiger partial charge in [-0.2, -0.15) is 9.07 Å². The minimum absolute atomic E-state index is 0.145. The molecule has 23 heavy (non-hydrogen) atoms. The van der Waals surface area contributed by atoms with E-state index in [4.69, 9.17) is 34.8 Å². The molecule has 0 atom stereocenters. The molecule has 0 radical (unpaired) electrons. The highest BCUT2D eigenvalue weighted by Gasteiger charge is 2.15. The molecule has 0 aliphatic heterocycles. The van der Waals surface area contributed by atoms with Crippen LogP contribution in [-0.2, 0) is 6.54 Å². The maximum Gasteiger partial charge on any atom is 0.248 e. The lowest BCUT2D eigenvalue weighted by Gasteiger charge is -2.10. The van der Waals surface area contributed by atoms with Gasteiger partial charge < -0.3 is 5.32 Å². The molecule has 0 aliphatic rings. The monoisotopic (exact) mass is 372 g/mol. The van der Waals surface area contributed by atoms with E-state index in [-0.39, 0.29) is 22.5 Å². The first-order valence-corrected chi connectivity index (χ1v) is 7.46. The molecule has 0 fully saturated rings. The summed E-state index contributed by atoms with van der Waals surface area (Å²) in [5.41, 5.74) is 0.778. The Labute approximate surface area is 145 Å². The zero-order chi connectivity index (χ0) is 16.4. The van der Waals surface area contributed by atoms with Crippen LogP contribution in [0.4, 0.5) is 10.3 Å². The molecule has 118 valence electrons. The molecule has 0 amide bonds. The first-order valence-electron chi connectivity index (χ1n) is 6.33. The Morgan fingerprint density at radius 2 is 2.04 bits per heavy atom. The summed E-state index contributed by atoms with van der Waals surface area (Å²) in [5.74, 6) is -0.309. The minimum Gasteiger partial charge on any atom is -0.349 e. The van der Waals surface area contributed by atoms with E-state index in [1.54, 1.807) is 18.2 Å². The molecule has 0 saturated heterocycles. The topological polar surface area (TPSA) is 68.5 Å². The standard InChI is InChI=1S/C13H8Cl3FN6/c14-8-4-9(15)11(16)10(5-8)23-13(20-21-22-23)19-6-7-2-1-3-18-12(7)17/h1-5H,6H2,(H,19,20,22). The van der Waals surface area contributed by atoms with Gasteiger partial charge in [-0.25, -0.2) is 4.98 Å². The number of benzene rings is 1. The van der Waals surface area contributed by atoms with Gasteiger partial charge in [0.15, 0.2) is 0 Å². The quantitative estimate of drug-likeness (QED) is 0.557. The lowest BCUT2D eigenvalue weighted by Crippen LogP contribution is -2.09. The van der Waals surface area contributed by atoms with Crippen molar-refractivity contribution in [2.75, 3.05) is 5.32 Å². The third kappa shape index (κ3) is 3.36. The van der Waals surface area contributed by atoms with Gasteiger partial charge in [0.05, 0.1) is 15.7 Å². The molecule has 0 spiro atoms. The van der Waals surface area contributed by atoms with Gasteiger partial charge >= 0.3 is 0 Å². The van der Waals surface area contributed by atoms with Crippen molar-refractivity contribution in [3.63, 3.8) is 0 Å². The van der Waals surface area contributed by atoms with Crippen molar-refractivity contribution in [2.45, 2.75) is 6.54 Å². The van der Waals surface area contributed by atoms with Crippen molar-refractivity contribution in [3.8, 4) is 5.69 Å². The molecule has 0 unspecified atom stereocenters. The molecular formula is C13H8Cl3FN6. The van der Waals surface area contributed by atoms with Gasteiger partial charge in [-0.15, -0.1) is 0 Å². The summed E-state index contributed by atoms with van der Waals surface area (Å²) in [6.45, 7) is 0.145. The summed E-state index contributed by atoms with van der Waals surface area (Å²) < 4.78 is 14.9. The van der Waals surface area contributed by atoms with Crippen LogP contribution in [0.3, 0.4) is 0 Å². The average molecular weight is 374 g/mol. The van der Waals surface area contributed by atoms with Crippen molar-refractivity contribution < 1.29 is 4.39 Å². The van der Waals surface area contributed by atoms with E-state index in [0.29, 0.717) is 16.3 Å². The molecule has 2 aromatic heterocycles. The highest BCUT2D eigenvalue weighted by molar-refractivity contribution is 6.44. The predicted molar refractivity (Wildman–Crippen MR) is 85.7 cm³/mol. The van der Waals surface area contributed by atoms with E-state index in [2.05, 4.69) is 25.8 Å². The molecule has 2 heterocycles. The van der Waals surface area contributed by atoms with Crippen LogP contribution in [0.15, 0.2) is 30.5 Å². The van der Waals surface area contributed by atoms with E-state index < -0.39 is 5.95 Å². The molecule has 1 N–H and O–H groups in total. The predicted octanol–water partition coefficient (Wildman–Crippen LogP) is 3.77. The van der Waals surface area contributed by atoms with Crippen molar-refractivity contribution >= 4 is 40.8 Å². The fraction of sp³-hybridized carbons (Fsp3) is 0.0769. The number of aromatic nitrogens is 5. The molecule has 3 aromatic rings. The third-order valence-electron chi connectivity index (χ3n) is 2.94. The number of hydrogen-bond donors (Lipinski definition) is 1. The number of nitrogens with one attached hydrogen (secondary N) is 1. The van der Waals surface area contributed by atoms with Crippen LogP contribution in [0.5, 0.6) is 0 Å². The zero-order valence-electron chi connectivity index (χ0n) is 11.3. The number of rotatable bonds is 4. The van der Waals surface area contributed by atoms with Crippen molar-refractivity contribution in [2.24, 2.45) is 0 Å². The van der Waals surface area contributed by atoms with E-state index >= 15 is 0 Å². The normalized spacial score (nSPS) is 10.8. The van der Waals surface area contributed by atoms with Gasteiger partial charge in [-0.05, 0) is 28.6 Å². The Hall–Kier alpha value is -1.96. The lowest BCUT2D eigenvalue weighted by atomic mass is 10.3. The second-order valence-corrected chi connectivity index (χ2v) is 5.66. The molecule has 0 saturated carbocycles. The van der Waals surface area contributed by atoms with Crippen LogP contribution in [-0.4, -0.2) is 25.2 Å². The number of anilines is 1. The third-order valence-corrected chi connectivity index (χ3v) is 3.96. The highest BCUT2D eigenvalue weighted by Crippen LogP contribution is 2.32. The SMILES string of the molecule is Fc1ncccc1CNc1nnnn1-c1cc(Cl)cc(Cl)c1Cl. The van der Waals surface area contributed by atoms with E-state index in [1.807, 2.05) is 0 Å². The Morgan fingerprint density at radius 3 is 2.83 bits per heavy atom. The largest absolute Gasteiger partial charge is 0.349 e. The van der Waals surface area contributed by atoms with Crippen LogP contribution < -0.4 is 5.32 Å². The Bertz CT molecular complexity index is 853. The number of pyridine rings is 1. The summed E-state index contributed by atoms with van der Waals surface area (Å²) in [7, 11) is 0. The van der Waals surface area contributed by atoms with Crippen LogP contribution in [0.1, 0.15) is 5.56 Å². The summed E-state index contributed by atoms with van der Waals surface area (Å²) in [5, 5.41) is 15.1. The second kappa shape index (κ2) is 6.66. The molecule has 6 nitrogen and oxygen atoms in total. The zero-order valence-corrected chi connectivity index (χ0v) is 13.6. The van der Waals surface area contributed by atoms with E-state index in [9.17, 15) is 4.39 Å². The fourth-order valence-electron chi connectivity index (χ4n) is 1.88. The molecule has 0 bridgehead atoms. The van der Waals surface area contributed by atoms with Crippen molar-refractivity contribution in [1.29, 1.82) is 0 Å². The minimum atomic E-state index is -0.567. The summed E-state index contributed by atoms with van der Waals surface area (Å²) >= 11 is 18.2. The average Bonchev–Trinajstić information content (AvgIpc) is 2.98. The van der Waals surface area contributed by atoms with Gasteiger partial charge in [-0.1, -0.05) is 46.0 Å². The maximum absolute atomic E-state index is 13.5. The number of halogens is 4. The van der Waals surface area contributed by atoms with E-state index in [0.717, 1.165) is 0 Å². The molecule has 0 aliphatic carbocycles. The van der Waals surface area contributed by atoms with Crippen LogP contribution in [0, 0.1) is 5.95 Å². The van der Waals surface area contributed by atoms with Crippen LogP contribution in [0.2, 0.25) is 15.1 Å². The van der Waals surface area contributed by atoms with Crippen LogP contribution in [0.25, 0.3) is 5.69 Å². The lowest BCUT2D eigenvalue weighted by molar-refractivity contribution is 0.569. The van der Waals surface area contributed by atoms with E-state index in [1.165, 1.54) is 16.9 Å². The summed E-state index contributed by atoms with van der Waals surface area (Å²) in [4.78, 5) is 3.58. The number of nitrogens with zero attached hydrogens (tertiary/aromatic N) is 5. The molecule has 1 aromatic carbocycles. The smallest absolute Gasteiger partial charge is 0.248 e. The number of tetrazole rings is 1. The molecular weight excluding hydrogens is 366 g/mol. The van der Waals surface area contributed by atoms with Crippen molar-refractivity contribution in [1.82, 2.24) is 25.2 Å². The Morgan fingerprint density at radius 1 is 1.22 bits per heavy atom. The first-order chi connectivity index (χ1) is 11.1. The van der Waals surface area contributed by atoms with Gasteiger partial charge in [0.1, 0.15) is 0 Å². The Balaban J connectivity index is 1.90. The van der Waals surface area contributed by atoms with Gasteiger partial charge in [-0.3, -0.25) is 0 Å². The molecule has 3 rings (SSSR count). The summed E-state index contributed by atoms with van der Waals surface area (Å²) in [6.07, 6.45) is 1.37. The molecule has 10 heteroatoms. The van der Waals surface area contributed by atoms with Gasteiger partial charge in [0, 0.05) is 23.3 Å². The van der Waals surface area contributed by atoms with Gasteiger partial charge in [0.2, 0.25) is 11.9 Å². The second-order valence-electron chi connectivity index (χ2n) is 4.44. The highest BCUT2D eigenvalue weighted by atomic mass is 35.5. The maximum atomic E-state index is 13.5. The van der Waals surface area contributed by atoms with Gasteiger partial charge in [0.25, 0.3) is 0 Å². The first kappa shape index (κ1) is 15.9. The Kier molecular flexibility index (Phi) is 4.61. The van der Waals surface area contributed by atoms with Crippen LogP contribution >= 0.6 is 34.8 Å².